The molecule has 0 heterocycles. The predicted molar refractivity (Wildman–Crippen MR) is 123 cm³/mol. The van der Waals surface area contributed by atoms with Crippen molar-refractivity contribution < 1.29 is 36.2 Å². The summed E-state index contributed by atoms with van der Waals surface area (Å²) in [5.74, 6) is -11.1. The summed E-state index contributed by atoms with van der Waals surface area (Å²) in [6.07, 6.45) is 9.19. The van der Waals surface area contributed by atoms with Gasteiger partial charge in [-0.05, 0) is 33.1 Å². The number of rotatable bonds is 18. The third kappa shape index (κ3) is 8.64. The van der Waals surface area contributed by atoms with Crippen molar-refractivity contribution in [1.29, 1.82) is 0 Å². The lowest BCUT2D eigenvalue weighted by Crippen LogP contribution is -2.46. The van der Waals surface area contributed by atoms with Crippen LogP contribution in [-0.2, 0) is 14.2 Å². The van der Waals surface area contributed by atoms with E-state index in [2.05, 4.69) is 12.2 Å². The molecule has 0 saturated carbocycles. The van der Waals surface area contributed by atoms with E-state index in [4.69, 9.17) is 14.2 Å². The molecule has 0 amide bonds. The van der Waals surface area contributed by atoms with E-state index in [9.17, 15) is 22.0 Å². The molecular weight excluding hydrogens is 457 g/mol. The fraction of sp³-hybridized carbons (Fsp3) is 0.760. The maximum atomic E-state index is 13.8. The normalized spacial score (nSPS) is 13.0. The molecule has 9 heteroatoms. The van der Waals surface area contributed by atoms with Crippen LogP contribution >= 0.6 is 0 Å². The highest BCUT2D eigenvalue weighted by Crippen LogP contribution is 2.34. The van der Waals surface area contributed by atoms with Gasteiger partial charge in [0.05, 0.1) is 6.10 Å². The van der Waals surface area contributed by atoms with Crippen molar-refractivity contribution in [1.82, 2.24) is 0 Å². The van der Waals surface area contributed by atoms with Gasteiger partial charge in [0.25, 0.3) is 5.97 Å². The molecule has 0 radical (unpaired) electrons. The molecule has 1 unspecified atom stereocenters. The van der Waals surface area contributed by atoms with Gasteiger partial charge in [-0.2, -0.15) is 0 Å². The van der Waals surface area contributed by atoms with E-state index in [0.29, 0.717) is 19.3 Å². The standard InChI is InChI=1S/C25H40F5NO3/c1-6-7-8-9-10-11-14-18(25(32-4,33-5)34-17(2)3)15-12-13-16-31-24-22(29)20(27)19(26)21(28)23(24)30/h17-18,31H,6-16H2,1-5H3. The number of ether oxygens (including phenoxy) is 3. The molecule has 0 aliphatic carbocycles. The third-order valence-corrected chi connectivity index (χ3v) is 5.87. The van der Waals surface area contributed by atoms with Crippen molar-refractivity contribution in [3.05, 3.63) is 29.1 Å². The van der Waals surface area contributed by atoms with Gasteiger partial charge in [0.2, 0.25) is 5.82 Å². The Morgan fingerprint density at radius 2 is 1.18 bits per heavy atom. The number of hydrogen-bond donors (Lipinski definition) is 1. The largest absolute Gasteiger partial charge is 0.380 e. The minimum atomic E-state index is -2.17. The van der Waals surface area contributed by atoms with E-state index in [1.165, 1.54) is 33.5 Å². The number of methoxy groups -OCH3 is 2. The lowest BCUT2D eigenvalue weighted by atomic mass is 9.92. The van der Waals surface area contributed by atoms with Crippen LogP contribution in [-0.4, -0.2) is 32.8 Å². The SMILES string of the molecule is CCCCCCCCC(CCCCNc1c(F)c(F)c(F)c(F)c1F)C(OC)(OC)OC(C)C. The van der Waals surface area contributed by atoms with Crippen LogP contribution in [0.4, 0.5) is 27.6 Å². The van der Waals surface area contributed by atoms with Gasteiger partial charge in [0, 0.05) is 26.7 Å². The van der Waals surface area contributed by atoms with Gasteiger partial charge in [-0.1, -0.05) is 51.9 Å². The maximum Gasteiger partial charge on any atom is 0.285 e. The molecule has 4 nitrogen and oxygen atoms in total. The number of unbranched alkanes of at least 4 members (excludes halogenated alkanes) is 6. The fourth-order valence-electron chi connectivity index (χ4n) is 4.10. The van der Waals surface area contributed by atoms with Crippen molar-refractivity contribution in [2.24, 2.45) is 5.92 Å². The van der Waals surface area contributed by atoms with Crippen molar-refractivity contribution in [2.45, 2.75) is 97.1 Å². The summed E-state index contributed by atoms with van der Waals surface area (Å²) in [5, 5.41) is 2.34. The second-order valence-corrected chi connectivity index (χ2v) is 8.80. The summed E-state index contributed by atoms with van der Waals surface area (Å²) >= 11 is 0. The first-order valence-electron chi connectivity index (χ1n) is 12.2. The van der Waals surface area contributed by atoms with Gasteiger partial charge in [0.15, 0.2) is 23.3 Å². The fourth-order valence-corrected chi connectivity index (χ4v) is 4.10. The Hall–Kier alpha value is -1.45. The number of hydrogen-bond acceptors (Lipinski definition) is 4. The highest BCUT2D eigenvalue weighted by molar-refractivity contribution is 5.47. The molecule has 1 aromatic carbocycles. The average molecular weight is 498 g/mol. The Kier molecular flexibility index (Phi) is 14.0. The molecule has 1 aromatic rings. The smallest absolute Gasteiger partial charge is 0.285 e. The molecule has 0 fully saturated rings. The number of halogens is 5. The Balaban J connectivity index is 2.73. The second kappa shape index (κ2) is 15.5. The molecule has 0 spiro atoms. The van der Waals surface area contributed by atoms with Crippen LogP contribution in [0, 0.1) is 35.0 Å². The van der Waals surface area contributed by atoms with Crippen LogP contribution in [0.2, 0.25) is 0 Å². The van der Waals surface area contributed by atoms with E-state index in [-0.39, 0.29) is 18.6 Å². The van der Waals surface area contributed by atoms with E-state index in [1.54, 1.807) is 0 Å². The van der Waals surface area contributed by atoms with Crippen molar-refractivity contribution in [3.8, 4) is 0 Å². The molecule has 0 aromatic heterocycles. The Morgan fingerprint density at radius 3 is 1.68 bits per heavy atom. The number of anilines is 1. The first kappa shape index (κ1) is 30.6. The zero-order valence-electron chi connectivity index (χ0n) is 21.0. The van der Waals surface area contributed by atoms with Gasteiger partial charge < -0.3 is 19.5 Å². The van der Waals surface area contributed by atoms with E-state index in [0.717, 1.165) is 25.7 Å². The average Bonchev–Trinajstić information content (AvgIpc) is 2.82. The topological polar surface area (TPSA) is 39.7 Å². The molecule has 0 aliphatic rings. The zero-order valence-corrected chi connectivity index (χ0v) is 21.0. The first-order valence-corrected chi connectivity index (χ1v) is 12.2. The van der Waals surface area contributed by atoms with Gasteiger partial charge in [-0.15, -0.1) is 0 Å². The van der Waals surface area contributed by atoms with Crippen molar-refractivity contribution in [2.75, 3.05) is 26.1 Å². The van der Waals surface area contributed by atoms with Crippen LogP contribution in [0.15, 0.2) is 0 Å². The zero-order chi connectivity index (χ0) is 25.7. The molecular formula is C25H40F5NO3. The van der Waals surface area contributed by atoms with Gasteiger partial charge in [-0.3, -0.25) is 0 Å². The summed E-state index contributed by atoms with van der Waals surface area (Å²) < 4.78 is 84.9. The van der Waals surface area contributed by atoms with Crippen LogP contribution in [0.1, 0.15) is 85.0 Å². The molecule has 0 aliphatic heterocycles. The van der Waals surface area contributed by atoms with E-state index < -0.39 is 40.7 Å². The quantitative estimate of drug-likeness (QED) is 0.0742. The minimum absolute atomic E-state index is 0.0418. The Morgan fingerprint density at radius 1 is 0.706 bits per heavy atom. The summed E-state index contributed by atoms with van der Waals surface area (Å²) in [4.78, 5) is 0. The minimum Gasteiger partial charge on any atom is -0.380 e. The third-order valence-electron chi connectivity index (χ3n) is 5.87. The molecule has 0 bridgehead atoms. The van der Waals surface area contributed by atoms with Crippen LogP contribution < -0.4 is 5.32 Å². The van der Waals surface area contributed by atoms with Crippen LogP contribution in [0.5, 0.6) is 0 Å². The highest BCUT2D eigenvalue weighted by Gasteiger charge is 2.41. The summed E-state index contributed by atoms with van der Waals surface area (Å²) in [6, 6.07) is 0. The lowest BCUT2D eigenvalue weighted by Gasteiger charge is -2.39. The van der Waals surface area contributed by atoms with Gasteiger partial charge >= 0.3 is 0 Å². The van der Waals surface area contributed by atoms with Crippen LogP contribution in [0.25, 0.3) is 0 Å². The van der Waals surface area contributed by atoms with Crippen LogP contribution in [0.3, 0.4) is 0 Å². The lowest BCUT2D eigenvalue weighted by molar-refractivity contribution is -0.399. The monoisotopic (exact) mass is 497 g/mol. The maximum absolute atomic E-state index is 13.8. The van der Waals surface area contributed by atoms with Gasteiger partial charge in [0.1, 0.15) is 5.69 Å². The highest BCUT2D eigenvalue weighted by atomic mass is 19.2. The molecule has 1 N–H and O–H groups in total. The van der Waals surface area contributed by atoms with Crippen molar-refractivity contribution in [3.63, 3.8) is 0 Å². The van der Waals surface area contributed by atoms with E-state index >= 15 is 0 Å². The second-order valence-electron chi connectivity index (χ2n) is 8.80. The number of benzene rings is 1. The summed E-state index contributed by atoms with van der Waals surface area (Å²) in [6.45, 7) is 6.00. The Labute approximate surface area is 200 Å². The molecule has 34 heavy (non-hydrogen) atoms. The number of nitrogens with one attached hydrogen (secondary N) is 1. The first-order chi connectivity index (χ1) is 16.1. The summed E-state index contributed by atoms with van der Waals surface area (Å²) in [7, 11) is 3.07. The molecule has 198 valence electrons. The molecule has 0 saturated heterocycles. The molecule has 1 atom stereocenters. The predicted octanol–water partition coefficient (Wildman–Crippen LogP) is 7.70. The van der Waals surface area contributed by atoms with Crippen molar-refractivity contribution >= 4 is 5.69 Å². The summed E-state index contributed by atoms with van der Waals surface area (Å²) in [5.41, 5.74) is -1.01. The van der Waals surface area contributed by atoms with Gasteiger partial charge in [-0.25, -0.2) is 22.0 Å². The molecule has 1 rings (SSSR count). The Bertz CT molecular complexity index is 700. The van der Waals surface area contributed by atoms with E-state index in [1.807, 2.05) is 13.8 Å².